The zero-order valence-electron chi connectivity index (χ0n) is 14.6. The minimum absolute atomic E-state index is 0.0833. The third-order valence-corrected chi connectivity index (χ3v) is 3.96. The second-order valence-electron chi connectivity index (χ2n) is 5.89. The van der Waals surface area contributed by atoms with E-state index >= 15 is 0 Å². The molecule has 0 aromatic heterocycles. The van der Waals surface area contributed by atoms with Crippen LogP contribution in [0.5, 0.6) is 0 Å². The minimum atomic E-state index is -1.06. The predicted octanol–water partition coefficient (Wildman–Crippen LogP) is 0.831. The van der Waals surface area contributed by atoms with Gasteiger partial charge >= 0.3 is 11.9 Å². The van der Waals surface area contributed by atoms with Gasteiger partial charge in [-0.15, -0.1) is 0 Å². The first kappa shape index (κ1) is 24.0. The van der Waals surface area contributed by atoms with E-state index in [9.17, 15) is 9.59 Å². The highest BCUT2D eigenvalue weighted by molar-refractivity contribution is 5.91. The summed E-state index contributed by atoms with van der Waals surface area (Å²) < 4.78 is 0. The van der Waals surface area contributed by atoms with E-state index in [1.54, 1.807) is 0 Å². The van der Waals surface area contributed by atoms with Crippen molar-refractivity contribution in [2.24, 2.45) is 11.8 Å². The normalized spacial score (nSPS) is 18.6. The van der Waals surface area contributed by atoms with Crippen molar-refractivity contribution in [3.05, 3.63) is 35.4 Å². The molecule has 0 bridgehead atoms. The first-order valence-electron chi connectivity index (χ1n) is 8.39. The lowest BCUT2D eigenvalue weighted by molar-refractivity contribution is 0.0681. The summed E-state index contributed by atoms with van der Waals surface area (Å²) in [5.74, 6) is -1.09. The average Bonchev–Trinajstić information content (AvgIpc) is 2.68. The predicted molar refractivity (Wildman–Crippen MR) is 94.2 cm³/mol. The summed E-state index contributed by atoms with van der Waals surface area (Å²) in [6.07, 6.45) is 4.40. The molecule has 0 saturated heterocycles. The van der Waals surface area contributed by atoms with E-state index in [4.69, 9.17) is 30.6 Å². The highest BCUT2D eigenvalue weighted by atomic mass is 16.4. The van der Waals surface area contributed by atoms with Crippen molar-refractivity contribution in [3.8, 4) is 0 Å². The van der Waals surface area contributed by atoms with Crippen LogP contribution in [0.4, 0.5) is 0 Å². The van der Waals surface area contributed by atoms with Crippen molar-refractivity contribution >= 4 is 11.9 Å². The first-order valence-corrected chi connectivity index (χ1v) is 8.39. The summed E-state index contributed by atoms with van der Waals surface area (Å²) in [4.78, 5) is 20.7. The molecule has 1 aromatic carbocycles. The van der Waals surface area contributed by atoms with Gasteiger partial charge in [-0.2, -0.15) is 0 Å². The number of benzene rings is 1. The van der Waals surface area contributed by atoms with Crippen molar-refractivity contribution in [1.82, 2.24) is 0 Å². The molecule has 0 amide bonds. The molecular formula is C18H28O8. The molecule has 26 heavy (non-hydrogen) atoms. The van der Waals surface area contributed by atoms with Crippen LogP contribution in [0, 0.1) is 11.8 Å². The Hall–Kier alpha value is -2.00. The van der Waals surface area contributed by atoms with Gasteiger partial charge in [0.25, 0.3) is 0 Å². The zero-order chi connectivity index (χ0) is 19.9. The monoisotopic (exact) mass is 372 g/mol. The number of carboxylic acids is 2. The van der Waals surface area contributed by atoms with Crippen LogP contribution in [-0.2, 0) is 0 Å². The number of hydrogen-bond acceptors (Lipinski definition) is 6. The lowest BCUT2D eigenvalue weighted by Gasteiger charge is -2.25. The molecule has 0 atom stereocenters. The molecular weight excluding hydrogens is 344 g/mol. The smallest absolute Gasteiger partial charge is 0.335 e. The molecule has 1 saturated carbocycles. The van der Waals surface area contributed by atoms with Crippen LogP contribution in [0.25, 0.3) is 0 Å². The Labute approximate surface area is 152 Å². The molecule has 8 nitrogen and oxygen atoms in total. The highest BCUT2D eigenvalue weighted by Gasteiger charge is 2.19. The molecule has 0 radical (unpaired) electrons. The second-order valence-corrected chi connectivity index (χ2v) is 5.89. The Bertz CT molecular complexity index is 459. The molecule has 1 fully saturated rings. The van der Waals surface area contributed by atoms with Gasteiger partial charge in [0, 0.05) is 13.2 Å². The molecule has 0 heterocycles. The number of carboxylic acid groups (broad SMARTS) is 2. The van der Waals surface area contributed by atoms with Gasteiger partial charge in [-0.05, 0) is 61.8 Å². The van der Waals surface area contributed by atoms with E-state index in [2.05, 4.69) is 0 Å². The van der Waals surface area contributed by atoms with Crippen LogP contribution < -0.4 is 0 Å². The van der Waals surface area contributed by atoms with E-state index in [1.165, 1.54) is 24.3 Å². The third kappa shape index (κ3) is 10.1. The molecule has 1 aromatic rings. The summed E-state index contributed by atoms with van der Waals surface area (Å²) in [5, 5.41) is 49.8. The Morgan fingerprint density at radius 3 is 1.12 bits per heavy atom. The maximum Gasteiger partial charge on any atom is 0.335 e. The Morgan fingerprint density at radius 2 is 0.962 bits per heavy atom. The van der Waals surface area contributed by atoms with Crippen LogP contribution in [0.3, 0.4) is 0 Å². The molecule has 6 N–H and O–H groups in total. The van der Waals surface area contributed by atoms with Crippen LogP contribution in [0.1, 0.15) is 46.4 Å². The fourth-order valence-electron chi connectivity index (χ4n) is 2.35. The number of aromatic carboxylic acids is 2. The van der Waals surface area contributed by atoms with Crippen molar-refractivity contribution in [3.63, 3.8) is 0 Å². The van der Waals surface area contributed by atoms with Crippen molar-refractivity contribution in [1.29, 1.82) is 0 Å². The van der Waals surface area contributed by atoms with Crippen molar-refractivity contribution in [2.45, 2.75) is 25.7 Å². The van der Waals surface area contributed by atoms with Gasteiger partial charge in [0.1, 0.15) is 0 Å². The molecule has 8 heteroatoms. The molecule has 2 rings (SSSR count). The first-order chi connectivity index (χ1) is 12.4. The minimum Gasteiger partial charge on any atom is -0.478 e. The summed E-state index contributed by atoms with van der Waals surface area (Å²) in [7, 11) is 0. The van der Waals surface area contributed by atoms with Crippen molar-refractivity contribution < 1.29 is 40.2 Å². The van der Waals surface area contributed by atoms with Gasteiger partial charge in [0.15, 0.2) is 0 Å². The standard InChI is InChI=1S/C8H6O4.C8H16O2.C2H6O2/c9-7(10)5-1-2-6(4-3-5)8(11)12;9-5-7-1-2-8(6-10)4-3-7;3-1-2-4/h1-4H,(H,9,10)(H,11,12);7-10H,1-6H2;3-4H,1-2H2. The van der Waals surface area contributed by atoms with Gasteiger partial charge in [0.2, 0.25) is 0 Å². The summed E-state index contributed by atoms with van der Waals surface area (Å²) in [6, 6.07) is 5.02. The largest absolute Gasteiger partial charge is 0.478 e. The topological polar surface area (TPSA) is 156 Å². The van der Waals surface area contributed by atoms with E-state index < -0.39 is 11.9 Å². The van der Waals surface area contributed by atoms with E-state index in [1.807, 2.05) is 0 Å². The number of aliphatic hydroxyl groups excluding tert-OH is 4. The van der Waals surface area contributed by atoms with Gasteiger partial charge in [-0.25, -0.2) is 9.59 Å². The van der Waals surface area contributed by atoms with E-state index in [0.29, 0.717) is 25.0 Å². The zero-order valence-corrected chi connectivity index (χ0v) is 14.6. The van der Waals surface area contributed by atoms with Crippen molar-refractivity contribution in [2.75, 3.05) is 26.4 Å². The van der Waals surface area contributed by atoms with E-state index in [0.717, 1.165) is 25.7 Å². The Morgan fingerprint density at radius 1 is 0.692 bits per heavy atom. The lowest BCUT2D eigenvalue weighted by atomic mass is 9.83. The Balaban J connectivity index is 0.000000405. The number of aliphatic hydroxyl groups is 4. The maximum absolute atomic E-state index is 10.3. The summed E-state index contributed by atoms with van der Waals surface area (Å²) in [5.41, 5.74) is 0.167. The second kappa shape index (κ2) is 14.2. The fraction of sp³-hybridized carbons (Fsp3) is 0.556. The summed E-state index contributed by atoms with van der Waals surface area (Å²) in [6.45, 7) is 0.413. The highest BCUT2D eigenvalue weighted by Crippen LogP contribution is 2.27. The number of hydrogen-bond donors (Lipinski definition) is 6. The third-order valence-electron chi connectivity index (χ3n) is 3.96. The number of carbonyl (C=O) groups is 2. The van der Waals surface area contributed by atoms with E-state index in [-0.39, 0.29) is 24.3 Å². The maximum atomic E-state index is 10.3. The van der Waals surface area contributed by atoms with Crippen LogP contribution in [-0.4, -0.2) is 69.0 Å². The molecule has 0 aliphatic heterocycles. The molecule has 1 aliphatic rings. The van der Waals surface area contributed by atoms with Crippen LogP contribution >= 0.6 is 0 Å². The average molecular weight is 372 g/mol. The van der Waals surface area contributed by atoms with Gasteiger partial charge in [-0.3, -0.25) is 0 Å². The van der Waals surface area contributed by atoms with Crippen LogP contribution in [0.15, 0.2) is 24.3 Å². The SMILES string of the molecule is O=C(O)c1ccc(C(=O)O)cc1.OCC1CCC(CO)CC1.OCCO. The Kier molecular flexibility index (Phi) is 13.1. The molecule has 0 spiro atoms. The molecule has 1 aliphatic carbocycles. The quantitative estimate of drug-likeness (QED) is 0.444. The van der Waals surface area contributed by atoms with Gasteiger partial charge in [-0.1, -0.05) is 0 Å². The molecule has 0 unspecified atom stereocenters. The van der Waals surface area contributed by atoms with Gasteiger partial charge < -0.3 is 30.6 Å². The van der Waals surface area contributed by atoms with Crippen LogP contribution in [0.2, 0.25) is 0 Å². The summed E-state index contributed by atoms with van der Waals surface area (Å²) >= 11 is 0. The fourth-order valence-corrected chi connectivity index (χ4v) is 2.35. The lowest BCUT2D eigenvalue weighted by Crippen LogP contribution is -2.19. The number of rotatable bonds is 5. The molecule has 148 valence electrons. The van der Waals surface area contributed by atoms with Gasteiger partial charge in [0.05, 0.1) is 24.3 Å².